The quantitative estimate of drug-likeness (QED) is 0.578. The molecule has 1 saturated heterocycles. The highest BCUT2D eigenvalue weighted by Crippen LogP contribution is 2.12. The molecule has 0 aromatic heterocycles. The Bertz CT molecular complexity index is 201. The molecular formula is C9H15NO2. The van der Waals surface area contributed by atoms with E-state index >= 15 is 0 Å². The molecule has 1 aliphatic heterocycles. The summed E-state index contributed by atoms with van der Waals surface area (Å²) >= 11 is 0. The molecule has 68 valence electrons. The number of hydrogen-bond acceptors (Lipinski definition) is 2. The van der Waals surface area contributed by atoms with Crippen LogP contribution in [0.3, 0.4) is 0 Å². The van der Waals surface area contributed by atoms with Gasteiger partial charge in [0.25, 0.3) is 0 Å². The third kappa shape index (κ3) is 1.84. The number of Topliss-reactive ketones (excluding diaryl/α,β-unsaturated/α-hetero) is 1. The van der Waals surface area contributed by atoms with Crippen molar-refractivity contribution in [1.29, 1.82) is 0 Å². The zero-order valence-corrected chi connectivity index (χ0v) is 7.67. The van der Waals surface area contributed by atoms with Gasteiger partial charge in [-0.2, -0.15) is 0 Å². The third-order valence-corrected chi connectivity index (χ3v) is 2.42. The minimum absolute atomic E-state index is 0.000556. The predicted molar refractivity (Wildman–Crippen MR) is 45.7 cm³/mol. The SMILES string of the molecule is CCC(C)N1CCC(=O)CC1=O. The van der Waals surface area contributed by atoms with E-state index in [1.54, 1.807) is 4.90 Å². The lowest BCUT2D eigenvalue weighted by Gasteiger charge is -2.31. The number of likely N-dealkylation sites (tertiary alicyclic amines) is 1. The largest absolute Gasteiger partial charge is 0.339 e. The van der Waals surface area contributed by atoms with Crippen molar-refractivity contribution in [3.05, 3.63) is 0 Å². The minimum Gasteiger partial charge on any atom is -0.339 e. The van der Waals surface area contributed by atoms with Gasteiger partial charge in [-0.25, -0.2) is 0 Å². The minimum atomic E-state index is 0.000556. The van der Waals surface area contributed by atoms with Gasteiger partial charge in [0.15, 0.2) is 0 Å². The van der Waals surface area contributed by atoms with Crippen LogP contribution in [0.25, 0.3) is 0 Å². The summed E-state index contributed by atoms with van der Waals surface area (Å²) in [4.78, 5) is 24.0. The number of nitrogens with zero attached hydrogens (tertiary/aromatic N) is 1. The van der Waals surface area contributed by atoms with Gasteiger partial charge in [-0.15, -0.1) is 0 Å². The summed E-state index contributed by atoms with van der Waals surface area (Å²) in [6.07, 6.45) is 1.61. The first-order valence-corrected chi connectivity index (χ1v) is 4.46. The number of piperidine rings is 1. The molecule has 0 radical (unpaired) electrons. The molecule has 1 heterocycles. The Morgan fingerprint density at radius 2 is 2.17 bits per heavy atom. The topological polar surface area (TPSA) is 37.4 Å². The number of amides is 1. The van der Waals surface area contributed by atoms with E-state index in [1.165, 1.54) is 0 Å². The van der Waals surface area contributed by atoms with Crippen LogP contribution in [0.15, 0.2) is 0 Å². The number of hydrogen-bond donors (Lipinski definition) is 0. The molecule has 0 saturated carbocycles. The molecule has 0 N–H and O–H groups in total. The normalized spacial score (nSPS) is 21.3. The summed E-state index contributed by atoms with van der Waals surface area (Å²) in [7, 11) is 0. The number of ketones is 1. The van der Waals surface area contributed by atoms with Crippen LogP contribution >= 0.6 is 0 Å². The van der Waals surface area contributed by atoms with Gasteiger partial charge < -0.3 is 4.90 Å². The van der Waals surface area contributed by atoms with Crippen molar-refractivity contribution in [2.45, 2.75) is 39.2 Å². The first-order chi connectivity index (χ1) is 5.65. The monoisotopic (exact) mass is 169 g/mol. The zero-order valence-electron chi connectivity index (χ0n) is 7.67. The van der Waals surface area contributed by atoms with E-state index in [4.69, 9.17) is 0 Å². The van der Waals surface area contributed by atoms with Crippen LogP contribution in [-0.2, 0) is 9.59 Å². The summed E-state index contributed by atoms with van der Waals surface area (Å²) in [6.45, 7) is 4.69. The van der Waals surface area contributed by atoms with E-state index in [-0.39, 0.29) is 24.2 Å². The van der Waals surface area contributed by atoms with Crippen LogP contribution < -0.4 is 0 Å². The van der Waals surface area contributed by atoms with E-state index < -0.39 is 0 Å². The highest BCUT2D eigenvalue weighted by molar-refractivity contribution is 6.00. The van der Waals surface area contributed by atoms with Crippen LogP contribution in [0.5, 0.6) is 0 Å². The second-order valence-electron chi connectivity index (χ2n) is 3.31. The van der Waals surface area contributed by atoms with Crippen LogP contribution in [-0.4, -0.2) is 29.2 Å². The van der Waals surface area contributed by atoms with E-state index in [1.807, 2.05) is 13.8 Å². The van der Waals surface area contributed by atoms with E-state index in [9.17, 15) is 9.59 Å². The van der Waals surface area contributed by atoms with Crippen molar-refractivity contribution in [1.82, 2.24) is 4.90 Å². The first-order valence-electron chi connectivity index (χ1n) is 4.46. The Balaban J connectivity index is 2.56. The maximum atomic E-state index is 11.3. The van der Waals surface area contributed by atoms with Crippen molar-refractivity contribution in [3.63, 3.8) is 0 Å². The summed E-state index contributed by atoms with van der Waals surface area (Å²) in [5, 5.41) is 0. The molecule has 0 aliphatic carbocycles. The molecule has 1 amide bonds. The fourth-order valence-electron chi connectivity index (χ4n) is 1.42. The number of carbonyl (C=O) groups is 2. The lowest BCUT2D eigenvalue weighted by Crippen LogP contribution is -2.44. The summed E-state index contributed by atoms with van der Waals surface area (Å²) < 4.78 is 0. The van der Waals surface area contributed by atoms with E-state index in [0.29, 0.717) is 13.0 Å². The van der Waals surface area contributed by atoms with Crippen molar-refractivity contribution in [3.8, 4) is 0 Å². The third-order valence-electron chi connectivity index (χ3n) is 2.42. The fraction of sp³-hybridized carbons (Fsp3) is 0.778. The van der Waals surface area contributed by atoms with Crippen molar-refractivity contribution in [2.24, 2.45) is 0 Å². The predicted octanol–water partition coefficient (Wildman–Crippen LogP) is 0.976. The summed E-state index contributed by atoms with van der Waals surface area (Å²) in [6, 6.07) is 0.283. The molecule has 3 heteroatoms. The molecule has 0 spiro atoms. The molecule has 12 heavy (non-hydrogen) atoms. The zero-order chi connectivity index (χ0) is 9.14. The second-order valence-corrected chi connectivity index (χ2v) is 3.31. The smallest absolute Gasteiger partial charge is 0.230 e. The molecule has 1 fully saturated rings. The first kappa shape index (κ1) is 9.23. The molecule has 0 aromatic carbocycles. The lowest BCUT2D eigenvalue weighted by molar-refractivity contribution is -0.141. The van der Waals surface area contributed by atoms with Gasteiger partial charge in [-0.1, -0.05) is 6.92 Å². The number of carbonyl (C=O) groups excluding carboxylic acids is 2. The van der Waals surface area contributed by atoms with Gasteiger partial charge in [0.05, 0.1) is 6.42 Å². The molecule has 1 rings (SSSR count). The highest BCUT2D eigenvalue weighted by Gasteiger charge is 2.26. The van der Waals surface area contributed by atoms with Crippen LogP contribution in [0, 0.1) is 0 Å². The van der Waals surface area contributed by atoms with Crippen molar-refractivity contribution in [2.75, 3.05) is 6.54 Å². The van der Waals surface area contributed by atoms with Crippen LogP contribution in [0.4, 0.5) is 0 Å². The van der Waals surface area contributed by atoms with E-state index in [0.717, 1.165) is 6.42 Å². The molecule has 1 atom stereocenters. The van der Waals surface area contributed by atoms with Crippen LogP contribution in [0.1, 0.15) is 33.1 Å². The Kier molecular flexibility index (Phi) is 2.84. The Labute approximate surface area is 72.7 Å². The van der Waals surface area contributed by atoms with Gasteiger partial charge in [-0.05, 0) is 13.3 Å². The van der Waals surface area contributed by atoms with Crippen molar-refractivity contribution >= 4 is 11.7 Å². The average Bonchev–Trinajstić information content (AvgIpc) is 2.03. The van der Waals surface area contributed by atoms with E-state index in [2.05, 4.69) is 0 Å². The fourth-order valence-corrected chi connectivity index (χ4v) is 1.42. The standard InChI is InChI=1S/C9H15NO2/c1-3-7(2)10-5-4-8(11)6-9(10)12/h7H,3-6H2,1-2H3. The highest BCUT2D eigenvalue weighted by atomic mass is 16.2. The molecule has 3 nitrogen and oxygen atoms in total. The van der Waals surface area contributed by atoms with Gasteiger partial charge >= 0.3 is 0 Å². The molecule has 1 unspecified atom stereocenters. The Morgan fingerprint density at radius 1 is 1.50 bits per heavy atom. The lowest BCUT2D eigenvalue weighted by atomic mass is 10.1. The van der Waals surface area contributed by atoms with Gasteiger partial charge in [-0.3, -0.25) is 9.59 Å². The van der Waals surface area contributed by atoms with Gasteiger partial charge in [0.2, 0.25) is 5.91 Å². The van der Waals surface area contributed by atoms with Crippen LogP contribution in [0.2, 0.25) is 0 Å². The second kappa shape index (κ2) is 3.70. The molecule has 1 aliphatic rings. The Hall–Kier alpha value is -0.860. The maximum Gasteiger partial charge on any atom is 0.230 e. The summed E-state index contributed by atoms with van der Waals surface area (Å²) in [5.74, 6) is 0.0835. The Morgan fingerprint density at radius 3 is 2.67 bits per heavy atom. The molecule has 0 bridgehead atoms. The van der Waals surface area contributed by atoms with Crippen molar-refractivity contribution < 1.29 is 9.59 Å². The molecule has 0 aromatic rings. The van der Waals surface area contributed by atoms with Gasteiger partial charge in [0, 0.05) is 19.0 Å². The number of rotatable bonds is 2. The van der Waals surface area contributed by atoms with Gasteiger partial charge in [0.1, 0.15) is 5.78 Å². The average molecular weight is 169 g/mol. The maximum absolute atomic E-state index is 11.3. The summed E-state index contributed by atoms with van der Waals surface area (Å²) in [5.41, 5.74) is 0. The molecular weight excluding hydrogens is 154 g/mol.